The van der Waals surface area contributed by atoms with Crippen LogP contribution in [0.3, 0.4) is 0 Å². The number of benzene rings is 1. The Bertz CT molecular complexity index is 748. The normalized spacial score (nSPS) is 17.0. The van der Waals surface area contributed by atoms with Crippen LogP contribution in [0.25, 0.3) is 0 Å². The van der Waals surface area contributed by atoms with Gasteiger partial charge in [0.25, 0.3) is 5.91 Å². The second-order valence-corrected chi connectivity index (χ2v) is 6.88. The van der Waals surface area contributed by atoms with Crippen LogP contribution in [0.4, 0.5) is 0 Å². The van der Waals surface area contributed by atoms with E-state index in [2.05, 4.69) is 4.98 Å². The molecule has 3 rings (SSSR count). The molecule has 1 amide bonds. The Morgan fingerprint density at radius 3 is 2.85 bits per heavy atom. The smallest absolute Gasteiger partial charge is 0.260 e. The number of hydrogen-bond donors (Lipinski definition) is 0. The SMILES string of the molecule is Cc1cccc(OCC(=O)N2CCCC(COc3cccc(C)n3)C2)c1. The summed E-state index contributed by atoms with van der Waals surface area (Å²) in [4.78, 5) is 18.7. The maximum absolute atomic E-state index is 12.5. The maximum atomic E-state index is 12.5. The molecule has 1 aromatic heterocycles. The van der Waals surface area contributed by atoms with E-state index >= 15 is 0 Å². The molecule has 0 saturated carbocycles. The second-order valence-electron chi connectivity index (χ2n) is 6.88. The highest BCUT2D eigenvalue weighted by Gasteiger charge is 2.24. The van der Waals surface area contributed by atoms with E-state index in [1.807, 2.05) is 61.2 Å². The predicted octanol–water partition coefficient (Wildman–Crippen LogP) is 3.39. The Morgan fingerprint density at radius 2 is 2.04 bits per heavy atom. The Labute approximate surface area is 155 Å². The minimum Gasteiger partial charge on any atom is -0.484 e. The molecule has 1 aliphatic rings. The van der Waals surface area contributed by atoms with Crippen LogP contribution in [0.5, 0.6) is 11.6 Å². The minimum atomic E-state index is 0.0323. The van der Waals surface area contributed by atoms with Crippen LogP contribution >= 0.6 is 0 Å². The summed E-state index contributed by atoms with van der Waals surface area (Å²) in [5.74, 6) is 1.75. The summed E-state index contributed by atoms with van der Waals surface area (Å²) in [6, 6.07) is 13.5. The average Bonchev–Trinajstić information content (AvgIpc) is 2.65. The number of carbonyl (C=O) groups excluding carboxylic acids is 1. The van der Waals surface area contributed by atoms with E-state index in [0.717, 1.165) is 36.4 Å². The van der Waals surface area contributed by atoms with E-state index in [4.69, 9.17) is 9.47 Å². The zero-order chi connectivity index (χ0) is 18.4. The fraction of sp³-hybridized carbons (Fsp3) is 0.429. The van der Waals surface area contributed by atoms with Crippen LogP contribution in [-0.4, -0.2) is 42.1 Å². The predicted molar refractivity (Wildman–Crippen MR) is 100 cm³/mol. The largest absolute Gasteiger partial charge is 0.484 e. The van der Waals surface area contributed by atoms with E-state index in [9.17, 15) is 4.79 Å². The molecule has 0 N–H and O–H groups in total. The number of carbonyl (C=O) groups is 1. The highest BCUT2D eigenvalue weighted by molar-refractivity contribution is 5.77. The molecule has 26 heavy (non-hydrogen) atoms. The van der Waals surface area contributed by atoms with Crippen LogP contribution in [-0.2, 0) is 4.79 Å². The summed E-state index contributed by atoms with van der Waals surface area (Å²) >= 11 is 0. The summed E-state index contributed by atoms with van der Waals surface area (Å²) in [6.45, 7) is 6.11. The van der Waals surface area contributed by atoms with Gasteiger partial charge in [0.2, 0.25) is 5.88 Å². The summed E-state index contributed by atoms with van der Waals surface area (Å²) < 4.78 is 11.5. The summed E-state index contributed by atoms with van der Waals surface area (Å²) in [5, 5.41) is 0. The lowest BCUT2D eigenvalue weighted by Crippen LogP contribution is -2.43. The van der Waals surface area contributed by atoms with Gasteiger partial charge in [-0.2, -0.15) is 0 Å². The van der Waals surface area contributed by atoms with E-state index in [-0.39, 0.29) is 12.5 Å². The van der Waals surface area contributed by atoms with Crippen LogP contribution in [0.2, 0.25) is 0 Å². The third-order valence-corrected chi connectivity index (χ3v) is 4.55. The van der Waals surface area contributed by atoms with Crippen molar-refractivity contribution in [3.63, 3.8) is 0 Å². The third-order valence-electron chi connectivity index (χ3n) is 4.55. The monoisotopic (exact) mass is 354 g/mol. The van der Waals surface area contributed by atoms with Crippen molar-refractivity contribution in [3.8, 4) is 11.6 Å². The quantitative estimate of drug-likeness (QED) is 0.798. The first-order valence-corrected chi connectivity index (χ1v) is 9.14. The van der Waals surface area contributed by atoms with Crippen molar-refractivity contribution in [3.05, 3.63) is 53.7 Å². The van der Waals surface area contributed by atoms with Crippen molar-refractivity contribution in [2.24, 2.45) is 5.92 Å². The van der Waals surface area contributed by atoms with Gasteiger partial charge in [-0.3, -0.25) is 4.79 Å². The number of nitrogens with zero attached hydrogens (tertiary/aromatic N) is 2. The fourth-order valence-electron chi connectivity index (χ4n) is 3.17. The molecule has 1 aromatic carbocycles. The number of pyridine rings is 1. The van der Waals surface area contributed by atoms with E-state index < -0.39 is 0 Å². The van der Waals surface area contributed by atoms with Crippen LogP contribution in [0.15, 0.2) is 42.5 Å². The molecule has 1 aliphatic heterocycles. The van der Waals surface area contributed by atoms with E-state index in [0.29, 0.717) is 24.9 Å². The lowest BCUT2D eigenvalue weighted by molar-refractivity contribution is -0.135. The Morgan fingerprint density at radius 1 is 1.19 bits per heavy atom. The third kappa shape index (κ3) is 5.22. The first-order valence-electron chi connectivity index (χ1n) is 9.14. The van der Waals surface area contributed by atoms with Gasteiger partial charge in [-0.1, -0.05) is 18.2 Å². The van der Waals surface area contributed by atoms with Crippen molar-refractivity contribution in [2.75, 3.05) is 26.3 Å². The number of ether oxygens (including phenoxy) is 2. The topological polar surface area (TPSA) is 51.7 Å². The summed E-state index contributed by atoms with van der Waals surface area (Å²) in [6.07, 6.45) is 2.06. The molecule has 0 spiro atoms. The molecule has 0 bridgehead atoms. The highest BCUT2D eigenvalue weighted by atomic mass is 16.5. The van der Waals surface area contributed by atoms with Gasteiger partial charge in [0.05, 0.1) is 6.61 Å². The number of hydrogen-bond acceptors (Lipinski definition) is 4. The Balaban J connectivity index is 1.47. The number of piperidine rings is 1. The fourth-order valence-corrected chi connectivity index (χ4v) is 3.17. The average molecular weight is 354 g/mol. The molecular weight excluding hydrogens is 328 g/mol. The molecule has 5 nitrogen and oxygen atoms in total. The van der Waals surface area contributed by atoms with Gasteiger partial charge < -0.3 is 14.4 Å². The summed E-state index contributed by atoms with van der Waals surface area (Å²) in [7, 11) is 0. The molecule has 2 aromatic rings. The zero-order valence-corrected chi connectivity index (χ0v) is 15.5. The van der Waals surface area contributed by atoms with E-state index in [1.54, 1.807) is 0 Å². The van der Waals surface area contributed by atoms with Gasteiger partial charge in [0.15, 0.2) is 6.61 Å². The standard InChI is InChI=1S/C21H26N2O3/c1-16-6-3-9-19(12-16)25-15-21(24)23-11-5-8-18(13-23)14-26-20-10-4-7-17(2)22-20/h3-4,6-7,9-10,12,18H,5,8,11,13-15H2,1-2H3. The molecule has 0 aliphatic carbocycles. The van der Waals surface area contributed by atoms with Gasteiger partial charge in [0.1, 0.15) is 5.75 Å². The van der Waals surface area contributed by atoms with Crippen LogP contribution < -0.4 is 9.47 Å². The molecule has 1 atom stereocenters. The number of likely N-dealkylation sites (tertiary alicyclic amines) is 1. The van der Waals surface area contributed by atoms with Crippen molar-refractivity contribution >= 4 is 5.91 Å². The van der Waals surface area contributed by atoms with Crippen molar-refractivity contribution in [1.82, 2.24) is 9.88 Å². The molecular formula is C21H26N2O3. The lowest BCUT2D eigenvalue weighted by Gasteiger charge is -2.32. The zero-order valence-electron chi connectivity index (χ0n) is 15.5. The molecule has 0 radical (unpaired) electrons. The Kier molecular flexibility index (Phi) is 6.10. The van der Waals surface area contributed by atoms with Gasteiger partial charge in [0, 0.05) is 30.8 Å². The molecule has 138 valence electrons. The van der Waals surface area contributed by atoms with Crippen molar-refractivity contribution < 1.29 is 14.3 Å². The maximum Gasteiger partial charge on any atom is 0.260 e. The lowest BCUT2D eigenvalue weighted by atomic mass is 9.99. The number of amides is 1. The first-order chi connectivity index (χ1) is 12.6. The molecule has 5 heteroatoms. The van der Waals surface area contributed by atoms with Gasteiger partial charge in [-0.05, 0) is 50.5 Å². The van der Waals surface area contributed by atoms with Crippen molar-refractivity contribution in [2.45, 2.75) is 26.7 Å². The Hall–Kier alpha value is -2.56. The highest BCUT2D eigenvalue weighted by Crippen LogP contribution is 2.19. The minimum absolute atomic E-state index is 0.0323. The van der Waals surface area contributed by atoms with E-state index in [1.165, 1.54) is 0 Å². The summed E-state index contributed by atoms with van der Waals surface area (Å²) in [5.41, 5.74) is 2.06. The van der Waals surface area contributed by atoms with Crippen molar-refractivity contribution in [1.29, 1.82) is 0 Å². The molecule has 1 saturated heterocycles. The first kappa shape index (κ1) is 18.2. The molecule has 1 fully saturated rings. The van der Waals surface area contributed by atoms with Crippen LogP contribution in [0.1, 0.15) is 24.1 Å². The van der Waals surface area contributed by atoms with Gasteiger partial charge >= 0.3 is 0 Å². The van der Waals surface area contributed by atoms with Gasteiger partial charge in [-0.15, -0.1) is 0 Å². The molecule has 1 unspecified atom stereocenters. The number of rotatable bonds is 6. The number of aromatic nitrogens is 1. The molecule has 2 heterocycles. The second kappa shape index (κ2) is 8.70. The van der Waals surface area contributed by atoms with Gasteiger partial charge in [-0.25, -0.2) is 4.98 Å². The number of aryl methyl sites for hydroxylation is 2. The van der Waals surface area contributed by atoms with Crippen LogP contribution in [0, 0.1) is 19.8 Å².